The average molecular weight is 398 g/mol. The zero-order valence-electron chi connectivity index (χ0n) is 17.5. The van der Waals surface area contributed by atoms with Gasteiger partial charge < -0.3 is 20.1 Å². The zero-order chi connectivity index (χ0) is 20.6. The second-order valence-corrected chi connectivity index (χ2v) is 7.18. The number of hydrogen-bond donors (Lipinski definition) is 2. The highest BCUT2D eigenvalue weighted by molar-refractivity contribution is 5.74. The summed E-state index contributed by atoms with van der Waals surface area (Å²) >= 11 is 0. The molecule has 2 aromatic rings. The van der Waals surface area contributed by atoms with Gasteiger partial charge in [-0.25, -0.2) is 4.79 Å². The molecule has 0 spiro atoms. The predicted octanol–water partition coefficient (Wildman–Crippen LogP) is 3.86. The van der Waals surface area contributed by atoms with Crippen molar-refractivity contribution in [3.63, 3.8) is 0 Å². The van der Waals surface area contributed by atoms with Crippen molar-refractivity contribution >= 4 is 6.03 Å². The van der Waals surface area contributed by atoms with Crippen LogP contribution in [0, 0.1) is 0 Å². The number of fused-ring (bicyclic) bond motifs is 1. The van der Waals surface area contributed by atoms with Crippen molar-refractivity contribution < 1.29 is 14.3 Å². The van der Waals surface area contributed by atoms with Gasteiger partial charge in [-0.15, -0.1) is 0 Å². The highest BCUT2D eigenvalue weighted by Gasteiger charge is 2.16. The molecule has 1 aliphatic heterocycles. The van der Waals surface area contributed by atoms with Crippen molar-refractivity contribution in [2.24, 2.45) is 0 Å². The average Bonchev–Trinajstić information content (AvgIpc) is 2.76. The van der Waals surface area contributed by atoms with E-state index >= 15 is 0 Å². The van der Waals surface area contributed by atoms with Crippen molar-refractivity contribution in [1.29, 1.82) is 0 Å². The van der Waals surface area contributed by atoms with Gasteiger partial charge in [0.2, 0.25) is 0 Å². The molecule has 0 saturated carbocycles. The highest BCUT2D eigenvalue weighted by Crippen LogP contribution is 2.32. The Balaban J connectivity index is 1.56. The molecule has 1 aliphatic rings. The molecule has 2 aromatic carbocycles. The number of nitrogens with one attached hydrogen (secondary N) is 2. The fourth-order valence-electron chi connectivity index (χ4n) is 3.41. The predicted molar refractivity (Wildman–Crippen MR) is 114 cm³/mol. The van der Waals surface area contributed by atoms with Gasteiger partial charge in [0.1, 0.15) is 13.2 Å². The monoisotopic (exact) mass is 397 g/mol. The topological polar surface area (TPSA) is 62.8 Å². The van der Waals surface area contributed by atoms with Crippen molar-refractivity contribution in [1.82, 2.24) is 15.5 Å². The maximum atomic E-state index is 12.4. The van der Waals surface area contributed by atoms with Gasteiger partial charge in [-0.1, -0.05) is 44.2 Å². The van der Waals surface area contributed by atoms with E-state index in [1.807, 2.05) is 37.3 Å². The molecule has 2 amide bonds. The van der Waals surface area contributed by atoms with Crippen LogP contribution in [0.3, 0.4) is 0 Å². The molecule has 1 unspecified atom stereocenters. The van der Waals surface area contributed by atoms with Crippen LogP contribution in [-0.2, 0) is 13.1 Å². The molecule has 0 bridgehead atoms. The minimum absolute atomic E-state index is 0.142. The highest BCUT2D eigenvalue weighted by atomic mass is 16.6. The smallest absolute Gasteiger partial charge is 0.315 e. The molecule has 29 heavy (non-hydrogen) atoms. The molecule has 2 N–H and O–H groups in total. The molecule has 0 radical (unpaired) electrons. The normalized spacial score (nSPS) is 13.8. The quantitative estimate of drug-likeness (QED) is 0.710. The third-order valence-corrected chi connectivity index (χ3v) is 5.26. The van der Waals surface area contributed by atoms with Crippen LogP contribution < -0.4 is 20.1 Å². The summed E-state index contributed by atoms with van der Waals surface area (Å²) in [6.45, 7) is 10.8. The van der Waals surface area contributed by atoms with E-state index in [-0.39, 0.29) is 12.1 Å². The third-order valence-electron chi connectivity index (χ3n) is 5.26. The first-order valence-corrected chi connectivity index (χ1v) is 10.3. The molecular weight excluding hydrogens is 366 g/mol. The maximum absolute atomic E-state index is 12.4. The fraction of sp³-hybridized carbons (Fsp3) is 0.435. The fourth-order valence-corrected chi connectivity index (χ4v) is 3.41. The van der Waals surface area contributed by atoms with Gasteiger partial charge in [0.05, 0.1) is 6.04 Å². The summed E-state index contributed by atoms with van der Waals surface area (Å²) in [6.07, 6.45) is 0. The molecule has 0 aromatic heterocycles. The van der Waals surface area contributed by atoms with Crippen molar-refractivity contribution in [3.05, 3.63) is 59.2 Å². The molecular formula is C23H31N3O3. The minimum atomic E-state index is -0.190. The Kier molecular flexibility index (Phi) is 7.36. The Morgan fingerprint density at radius 2 is 1.72 bits per heavy atom. The van der Waals surface area contributed by atoms with E-state index in [1.165, 1.54) is 5.56 Å². The second-order valence-electron chi connectivity index (χ2n) is 7.18. The first kappa shape index (κ1) is 21.0. The maximum Gasteiger partial charge on any atom is 0.315 e. The van der Waals surface area contributed by atoms with Gasteiger partial charge in [-0.05, 0) is 48.8 Å². The molecule has 1 atom stereocenters. The Hall–Kier alpha value is -2.73. The minimum Gasteiger partial charge on any atom is -0.486 e. The number of benzene rings is 2. The van der Waals surface area contributed by atoms with Gasteiger partial charge in [-0.3, -0.25) is 4.90 Å². The Morgan fingerprint density at radius 3 is 2.45 bits per heavy atom. The first-order valence-electron chi connectivity index (χ1n) is 10.3. The lowest BCUT2D eigenvalue weighted by molar-refractivity contribution is 0.171. The van der Waals surface area contributed by atoms with E-state index in [0.717, 1.165) is 42.3 Å². The molecule has 1 heterocycles. The number of carbonyl (C=O) groups excluding carboxylic acids is 1. The van der Waals surface area contributed by atoms with Crippen molar-refractivity contribution in [3.8, 4) is 11.5 Å². The molecule has 6 heteroatoms. The number of nitrogens with zero attached hydrogens (tertiary/aromatic N) is 1. The first-order chi connectivity index (χ1) is 14.1. The van der Waals surface area contributed by atoms with Crippen LogP contribution in [0.1, 0.15) is 43.5 Å². The second kappa shape index (κ2) is 10.2. The summed E-state index contributed by atoms with van der Waals surface area (Å²) in [5, 5.41) is 5.99. The van der Waals surface area contributed by atoms with E-state index in [4.69, 9.17) is 9.47 Å². The summed E-state index contributed by atoms with van der Waals surface area (Å²) in [4.78, 5) is 14.8. The number of ether oxygens (including phenoxy) is 2. The Morgan fingerprint density at radius 1 is 1.03 bits per heavy atom. The Bertz CT molecular complexity index is 821. The van der Waals surface area contributed by atoms with Gasteiger partial charge in [0.15, 0.2) is 11.5 Å². The standard InChI is InChI=1S/C23H31N3O3/c1-4-26(5-2)16-20-9-7-6-8-19(20)15-24-23(27)25-17(3)18-10-11-21-22(14-18)29-13-12-28-21/h6-11,14,17H,4-5,12-13,15-16H2,1-3H3,(H2,24,25,27). The number of hydrogen-bond acceptors (Lipinski definition) is 4. The van der Waals surface area contributed by atoms with Crippen molar-refractivity contribution in [2.45, 2.75) is 39.9 Å². The molecule has 0 fully saturated rings. The summed E-state index contributed by atoms with van der Waals surface area (Å²) in [7, 11) is 0. The molecule has 0 saturated heterocycles. The van der Waals surface area contributed by atoms with E-state index in [0.29, 0.717) is 19.8 Å². The van der Waals surface area contributed by atoms with Gasteiger partial charge >= 0.3 is 6.03 Å². The summed E-state index contributed by atoms with van der Waals surface area (Å²) in [6, 6.07) is 13.7. The number of carbonyl (C=O) groups is 1. The lowest BCUT2D eigenvalue weighted by atomic mass is 10.1. The third kappa shape index (κ3) is 5.64. The summed E-state index contributed by atoms with van der Waals surface area (Å²) < 4.78 is 11.2. The van der Waals surface area contributed by atoms with Gasteiger partial charge in [-0.2, -0.15) is 0 Å². The molecule has 3 rings (SSSR count). The number of rotatable bonds is 8. The van der Waals surface area contributed by atoms with Crippen LogP contribution in [0.5, 0.6) is 11.5 Å². The lowest BCUT2D eigenvalue weighted by Crippen LogP contribution is -2.37. The largest absolute Gasteiger partial charge is 0.486 e. The molecule has 6 nitrogen and oxygen atoms in total. The van der Waals surface area contributed by atoms with Crippen LogP contribution in [-0.4, -0.2) is 37.2 Å². The summed E-state index contributed by atoms with van der Waals surface area (Å²) in [5.41, 5.74) is 3.37. The SMILES string of the molecule is CCN(CC)Cc1ccccc1CNC(=O)NC(C)c1ccc2c(c1)OCCO2. The van der Waals surface area contributed by atoms with E-state index in [1.54, 1.807) is 0 Å². The van der Waals surface area contributed by atoms with Gasteiger partial charge in [0.25, 0.3) is 0 Å². The number of urea groups is 1. The summed E-state index contributed by atoms with van der Waals surface area (Å²) in [5.74, 6) is 1.48. The number of amides is 2. The van der Waals surface area contributed by atoms with Crippen LogP contribution in [0.25, 0.3) is 0 Å². The van der Waals surface area contributed by atoms with E-state index in [2.05, 4.69) is 41.5 Å². The zero-order valence-corrected chi connectivity index (χ0v) is 17.5. The van der Waals surface area contributed by atoms with E-state index < -0.39 is 0 Å². The van der Waals surface area contributed by atoms with Crippen LogP contribution in [0.2, 0.25) is 0 Å². The van der Waals surface area contributed by atoms with Crippen molar-refractivity contribution in [2.75, 3.05) is 26.3 Å². The lowest BCUT2D eigenvalue weighted by Gasteiger charge is -2.22. The molecule has 0 aliphatic carbocycles. The Labute approximate surface area is 173 Å². The molecule has 156 valence electrons. The van der Waals surface area contributed by atoms with Gasteiger partial charge in [0, 0.05) is 13.1 Å². The van der Waals surface area contributed by atoms with Crippen LogP contribution in [0.15, 0.2) is 42.5 Å². The van der Waals surface area contributed by atoms with Crippen LogP contribution in [0.4, 0.5) is 4.79 Å². The van der Waals surface area contributed by atoms with Crippen LogP contribution >= 0.6 is 0 Å². The van der Waals surface area contributed by atoms with E-state index in [9.17, 15) is 4.79 Å².